The highest BCUT2D eigenvalue weighted by Gasteiger charge is 2.18. The van der Waals surface area contributed by atoms with Crippen LogP contribution in [-0.4, -0.2) is 9.97 Å². The maximum atomic E-state index is 5.96. The van der Waals surface area contributed by atoms with Crippen LogP contribution in [0.25, 0.3) is 11.4 Å². The molecule has 0 spiro atoms. The van der Waals surface area contributed by atoms with E-state index in [2.05, 4.69) is 9.97 Å². The Labute approximate surface area is 108 Å². The molecule has 3 rings (SSSR count). The van der Waals surface area contributed by atoms with Crippen LogP contribution < -0.4 is 5.73 Å². The Hall–Kier alpha value is -1.26. The highest BCUT2D eigenvalue weighted by Crippen LogP contribution is 2.33. The van der Waals surface area contributed by atoms with Gasteiger partial charge in [-0.2, -0.15) is 11.8 Å². The van der Waals surface area contributed by atoms with Gasteiger partial charge in [-0.1, -0.05) is 23.7 Å². The summed E-state index contributed by atoms with van der Waals surface area (Å²) in [5.74, 6) is 3.08. The van der Waals surface area contributed by atoms with Crippen molar-refractivity contribution in [2.24, 2.45) is 0 Å². The standard InChI is InChI=1S/C12H10ClN3S/c13-8-3-1-2-7(4-8)12-15-10-6-17-5-9(10)11(14)16-12/h1-4H,5-6H2,(H2,14,15,16). The Morgan fingerprint density at radius 1 is 1.24 bits per heavy atom. The molecule has 0 aliphatic carbocycles. The SMILES string of the molecule is Nc1nc(-c2cccc(Cl)c2)nc2c1CSC2. The molecule has 0 saturated heterocycles. The summed E-state index contributed by atoms with van der Waals surface area (Å²) in [6.07, 6.45) is 0. The molecule has 0 bridgehead atoms. The molecule has 0 fully saturated rings. The minimum absolute atomic E-state index is 0.593. The molecule has 3 nitrogen and oxygen atoms in total. The van der Waals surface area contributed by atoms with Crippen LogP contribution >= 0.6 is 23.4 Å². The Balaban J connectivity index is 2.13. The number of hydrogen-bond acceptors (Lipinski definition) is 4. The Morgan fingerprint density at radius 3 is 2.94 bits per heavy atom. The van der Waals surface area contributed by atoms with E-state index >= 15 is 0 Å². The van der Waals surface area contributed by atoms with Crippen molar-refractivity contribution in [2.45, 2.75) is 11.5 Å². The van der Waals surface area contributed by atoms with Gasteiger partial charge >= 0.3 is 0 Å². The quantitative estimate of drug-likeness (QED) is 0.859. The maximum absolute atomic E-state index is 5.96. The summed E-state index contributed by atoms with van der Waals surface area (Å²) < 4.78 is 0. The third kappa shape index (κ3) is 1.98. The van der Waals surface area contributed by atoms with E-state index < -0.39 is 0 Å². The molecule has 86 valence electrons. The van der Waals surface area contributed by atoms with Gasteiger partial charge in [0.25, 0.3) is 0 Å². The summed E-state index contributed by atoms with van der Waals surface area (Å²) in [5, 5.41) is 0.680. The highest BCUT2D eigenvalue weighted by molar-refractivity contribution is 7.98. The van der Waals surface area contributed by atoms with Gasteiger partial charge < -0.3 is 5.73 Å². The first-order valence-corrected chi connectivity index (χ1v) is 6.76. The highest BCUT2D eigenvalue weighted by atomic mass is 35.5. The fourth-order valence-electron chi connectivity index (χ4n) is 1.83. The zero-order valence-electron chi connectivity index (χ0n) is 8.98. The second kappa shape index (κ2) is 4.20. The van der Waals surface area contributed by atoms with E-state index in [1.807, 2.05) is 36.0 Å². The van der Waals surface area contributed by atoms with Crippen molar-refractivity contribution in [1.29, 1.82) is 0 Å². The minimum atomic E-state index is 0.593. The Bertz CT molecular complexity index is 586. The second-order valence-corrected chi connectivity index (χ2v) is 5.28. The van der Waals surface area contributed by atoms with Gasteiger partial charge in [0.05, 0.1) is 5.69 Å². The topological polar surface area (TPSA) is 51.8 Å². The van der Waals surface area contributed by atoms with Crippen LogP contribution in [0.15, 0.2) is 24.3 Å². The molecular formula is C12H10ClN3S. The average molecular weight is 264 g/mol. The number of halogens is 1. The van der Waals surface area contributed by atoms with Crippen LogP contribution in [0.3, 0.4) is 0 Å². The van der Waals surface area contributed by atoms with Gasteiger partial charge in [0, 0.05) is 27.7 Å². The van der Waals surface area contributed by atoms with Gasteiger partial charge in [0.15, 0.2) is 5.82 Å². The number of fused-ring (bicyclic) bond motifs is 1. The molecule has 2 heterocycles. The van der Waals surface area contributed by atoms with Crippen molar-refractivity contribution < 1.29 is 0 Å². The van der Waals surface area contributed by atoms with E-state index in [1.165, 1.54) is 0 Å². The number of nitrogen functional groups attached to an aromatic ring is 1. The van der Waals surface area contributed by atoms with Crippen molar-refractivity contribution >= 4 is 29.2 Å². The smallest absolute Gasteiger partial charge is 0.161 e. The largest absolute Gasteiger partial charge is 0.383 e. The van der Waals surface area contributed by atoms with E-state index in [0.717, 1.165) is 28.3 Å². The van der Waals surface area contributed by atoms with Gasteiger partial charge in [-0.15, -0.1) is 0 Å². The van der Waals surface area contributed by atoms with E-state index in [0.29, 0.717) is 16.7 Å². The first kappa shape index (κ1) is 10.9. The van der Waals surface area contributed by atoms with Crippen LogP contribution in [0, 0.1) is 0 Å². The lowest BCUT2D eigenvalue weighted by Gasteiger charge is -2.06. The van der Waals surface area contributed by atoms with Crippen LogP contribution in [-0.2, 0) is 11.5 Å². The van der Waals surface area contributed by atoms with Crippen LogP contribution in [0.1, 0.15) is 11.3 Å². The summed E-state index contributed by atoms with van der Waals surface area (Å²) in [4.78, 5) is 8.91. The molecule has 2 aromatic rings. The maximum Gasteiger partial charge on any atom is 0.161 e. The number of hydrogen-bond donors (Lipinski definition) is 1. The van der Waals surface area contributed by atoms with E-state index in [1.54, 1.807) is 0 Å². The fraction of sp³-hybridized carbons (Fsp3) is 0.167. The fourth-order valence-corrected chi connectivity index (χ4v) is 3.08. The zero-order chi connectivity index (χ0) is 11.8. The van der Waals surface area contributed by atoms with Crippen molar-refractivity contribution in [3.8, 4) is 11.4 Å². The van der Waals surface area contributed by atoms with Gasteiger partial charge in [-0.3, -0.25) is 0 Å². The molecule has 1 aromatic heterocycles. The molecule has 1 aliphatic heterocycles. The van der Waals surface area contributed by atoms with Gasteiger partial charge in [0.2, 0.25) is 0 Å². The lowest BCUT2D eigenvalue weighted by atomic mass is 10.2. The predicted octanol–water partition coefficient (Wildman–Crippen LogP) is 3.13. The van der Waals surface area contributed by atoms with Crippen LogP contribution in [0.2, 0.25) is 5.02 Å². The lowest BCUT2D eigenvalue weighted by molar-refractivity contribution is 1.08. The van der Waals surface area contributed by atoms with Gasteiger partial charge in [0.1, 0.15) is 5.82 Å². The number of nitrogens with zero attached hydrogens (tertiary/aromatic N) is 2. The van der Waals surface area contributed by atoms with Crippen LogP contribution in [0.4, 0.5) is 5.82 Å². The summed E-state index contributed by atoms with van der Waals surface area (Å²) in [6, 6.07) is 7.51. The average Bonchev–Trinajstić information content (AvgIpc) is 2.77. The van der Waals surface area contributed by atoms with Crippen LogP contribution in [0.5, 0.6) is 0 Å². The molecule has 0 atom stereocenters. The molecule has 17 heavy (non-hydrogen) atoms. The number of benzene rings is 1. The van der Waals surface area contributed by atoms with E-state index in [-0.39, 0.29) is 0 Å². The summed E-state index contributed by atoms with van der Waals surface area (Å²) in [5.41, 5.74) is 8.99. The number of nitrogens with two attached hydrogens (primary N) is 1. The van der Waals surface area contributed by atoms with E-state index in [4.69, 9.17) is 17.3 Å². The van der Waals surface area contributed by atoms with Gasteiger partial charge in [-0.25, -0.2) is 9.97 Å². The number of thioether (sulfide) groups is 1. The zero-order valence-corrected chi connectivity index (χ0v) is 10.6. The van der Waals surface area contributed by atoms with Gasteiger partial charge in [-0.05, 0) is 12.1 Å². The molecule has 1 aromatic carbocycles. The molecular weight excluding hydrogens is 254 g/mol. The lowest BCUT2D eigenvalue weighted by Crippen LogP contribution is -2.02. The molecule has 1 aliphatic rings. The first-order chi connectivity index (χ1) is 8.24. The van der Waals surface area contributed by atoms with Crippen molar-refractivity contribution in [1.82, 2.24) is 9.97 Å². The number of rotatable bonds is 1. The predicted molar refractivity (Wildman–Crippen MR) is 71.9 cm³/mol. The third-order valence-corrected chi connectivity index (χ3v) is 3.90. The molecule has 0 unspecified atom stereocenters. The molecule has 0 amide bonds. The summed E-state index contributed by atoms with van der Waals surface area (Å²) >= 11 is 7.78. The van der Waals surface area contributed by atoms with Crippen molar-refractivity contribution in [3.05, 3.63) is 40.5 Å². The number of aromatic nitrogens is 2. The van der Waals surface area contributed by atoms with Crippen molar-refractivity contribution in [3.63, 3.8) is 0 Å². The number of anilines is 1. The molecule has 2 N–H and O–H groups in total. The molecule has 5 heteroatoms. The Morgan fingerprint density at radius 2 is 2.12 bits per heavy atom. The Kier molecular flexibility index (Phi) is 2.68. The minimum Gasteiger partial charge on any atom is -0.383 e. The monoisotopic (exact) mass is 263 g/mol. The molecule has 0 radical (unpaired) electrons. The summed E-state index contributed by atoms with van der Waals surface area (Å²) in [7, 11) is 0. The second-order valence-electron chi connectivity index (χ2n) is 3.86. The third-order valence-electron chi connectivity index (χ3n) is 2.69. The summed E-state index contributed by atoms with van der Waals surface area (Å²) in [6.45, 7) is 0. The molecule has 0 saturated carbocycles. The van der Waals surface area contributed by atoms with E-state index in [9.17, 15) is 0 Å². The van der Waals surface area contributed by atoms with Crippen molar-refractivity contribution in [2.75, 3.05) is 5.73 Å². The first-order valence-electron chi connectivity index (χ1n) is 5.23. The normalized spacial score (nSPS) is 13.7.